The number of anilines is 1. The van der Waals surface area contributed by atoms with Crippen LogP contribution in [-0.4, -0.2) is 40.5 Å². The second kappa shape index (κ2) is 9.46. The first-order valence-electron chi connectivity index (χ1n) is 9.83. The van der Waals surface area contributed by atoms with E-state index in [0.717, 1.165) is 0 Å². The van der Waals surface area contributed by atoms with Gasteiger partial charge in [-0.2, -0.15) is 0 Å². The predicted molar refractivity (Wildman–Crippen MR) is 129 cm³/mol. The molecule has 172 valence electrons. The van der Waals surface area contributed by atoms with Gasteiger partial charge in [-0.15, -0.1) is 0 Å². The number of nitrogens with zero attached hydrogens (tertiary/aromatic N) is 3. The molecule has 3 aromatic rings. The molecule has 1 aliphatic rings. The van der Waals surface area contributed by atoms with Crippen molar-refractivity contribution in [1.82, 2.24) is 4.90 Å². The fraction of sp³-hybridized carbons (Fsp3) is 0.0870. The summed E-state index contributed by atoms with van der Waals surface area (Å²) in [5, 5.41) is 11.5. The summed E-state index contributed by atoms with van der Waals surface area (Å²) in [6.07, 6.45) is 1.47. The van der Waals surface area contributed by atoms with E-state index in [9.17, 15) is 19.7 Å². The standard InChI is InChI=1S/C23H16ClN3O6S/c1-32-21(28)13-25-19(22(29)26(23(25)34)16-8-4-15(24)5-9-16)12-18-10-11-20(33-18)14-2-6-17(7-3-14)27(30)31/h2-12H,13H2,1H3/b19-12-. The van der Waals surface area contributed by atoms with Gasteiger partial charge in [-0.1, -0.05) is 11.6 Å². The van der Waals surface area contributed by atoms with Crippen LogP contribution in [0.15, 0.2) is 70.8 Å². The number of non-ortho nitro benzene ring substituents is 1. The fourth-order valence-corrected chi connectivity index (χ4v) is 3.79. The summed E-state index contributed by atoms with van der Waals surface area (Å²) in [5.74, 6) is -0.259. The van der Waals surface area contributed by atoms with Gasteiger partial charge in [-0.25, -0.2) is 0 Å². The summed E-state index contributed by atoms with van der Waals surface area (Å²) < 4.78 is 10.6. The third-order valence-corrected chi connectivity index (χ3v) is 5.66. The van der Waals surface area contributed by atoms with Crippen LogP contribution in [0.1, 0.15) is 5.76 Å². The van der Waals surface area contributed by atoms with E-state index in [4.69, 9.17) is 33.0 Å². The van der Waals surface area contributed by atoms with E-state index in [1.807, 2.05) is 0 Å². The number of nitro benzene ring substituents is 1. The minimum absolute atomic E-state index is 0.0385. The topological polar surface area (TPSA) is 106 Å². The Kier molecular flexibility index (Phi) is 6.44. The SMILES string of the molecule is COC(=O)CN1C(=S)N(c2ccc(Cl)cc2)C(=O)/C1=C/c1ccc(-c2ccc([N+](=O)[O-])cc2)o1. The van der Waals surface area contributed by atoms with Crippen LogP contribution in [0.4, 0.5) is 11.4 Å². The summed E-state index contributed by atoms with van der Waals surface area (Å²) in [6.45, 7) is -0.271. The molecule has 1 fully saturated rings. The third-order valence-electron chi connectivity index (χ3n) is 5.00. The molecule has 0 radical (unpaired) electrons. The smallest absolute Gasteiger partial charge is 0.325 e. The first-order valence-corrected chi connectivity index (χ1v) is 10.6. The number of rotatable bonds is 6. The highest BCUT2D eigenvalue weighted by Gasteiger charge is 2.40. The van der Waals surface area contributed by atoms with Crippen LogP contribution in [0.3, 0.4) is 0 Å². The molecule has 2 heterocycles. The van der Waals surface area contributed by atoms with Gasteiger partial charge in [0.1, 0.15) is 23.8 Å². The fourth-order valence-electron chi connectivity index (χ4n) is 3.31. The molecule has 11 heteroatoms. The van der Waals surface area contributed by atoms with Crippen molar-refractivity contribution >= 4 is 58.3 Å². The zero-order valence-electron chi connectivity index (χ0n) is 17.6. The second-order valence-corrected chi connectivity index (χ2v) is 7.90. The van der Waals surface area contributed by atoms with Gasteiger partial charge < -0.3 is 14.1 Å². The van der Waals surface area contributed by atoms with Crippen LogP contribution in [0.25, 0.3) is 17.4 Å². The number of ether oxygens (including phenoxy) is 1. The highest BCUT2D eigenvalue weighted by molar-refractivity contribution is 7.80. The van der Waals surface area contributed by atoms with Gasteiger partial charge in [-0.3, -0.25) is 24.6 Å². The molecule has 0 unspecified atom stereocenters. The minimum atomic E-state index is -0.579. The van der Waals surface area contributed by atoms with Gasteiger partial charge in [0.2, 0.25) is 0 Å². The number of halogens is 1. The Morgan fingerprint density at radius 3 is 2.44 bits per heavy atom. The summed E-state index contributed by atoms with van der Waals surface area (Å²) in [4.78, 5) is 38.3. The number of esters is 1. The Morgan fingerprint density at radius 1 is 1.15 bits per heavy atom. The maximum absolute atomic E-state index is 13.3. The molecule has 0 spiro atoms. The van der Waals surface area contributed by atoms with Crippen LogP contribution in [0, 0.1) is 10.1 Å². The van der Waals surface area contributed by atoms with E-state index >= 15 is 0 Å². The van der Waals surface area contributed by atoms with Crippen LogP contribution in [0.5, 0.6) is 0 Å². The van der Waals surface area contributed by atoms with E-state index in [2.05, 4.69) is 0 Å². The van der Waals surface area contributed by atoms with Crippen molar-refractivity contribution in [3.8, 4) is 11.3 Å². The van der Waals surface area contributed by atoms with Crippen molar-refractivity contribution in [3.63, 3.8) is 0 Å². The first-order chi connectivity index (χ1) is 16.3. The molecule has 34 heavy (non-hydrogen) atoms. The number of benzene rings is 2. The minimum Gasteiger partial charge on any atom is -0.468 e. The summed E-state index contributed by atoms with van der Waals surface area (Å²) in [5.41, 5.74) is 1.19. The molecule has 1 saturated heterocycles. The molecule has 0 N–H and O–H groups in total. The number of nitro groups is 1. The Morgan fingerprint density at radius 2 is 1.82 bits per heavy atom. The average molecular weight is 498 g/mol. The molecule has 2 aromatic carbocycles. The number of methoxy groups -OCH3 is 1. The second-order valence-electron chi connectivity index (χ2n) is 7.10. The van der Waals surface area contributed by atoms with Gasteiger partial charge in [0.15, 0.2) is 5.11 Å². The van der Waals surface area contributed by atoms with Gasteiger partial charge in [-0.05, 0) is 60.7 Å². The molecule has 0 saturated carbocycles. The van der Waals surface area contributed by atoms with Crippen molar-refractivity contribution in [2.24, 2.45) is 0 Å². The lowest BCUT2D eigenvalue weighted by atomic mass is 10.1. The van der Waals surface area contributed by atoms with Crippen LogP contribution in [0.2, 0.25) is 5.02 Å². The van der Waals surface area contributed by atoms with E-state index < -0.39 is 16.8 Å². The maximum atomic E-state index is 13.3. The Bertz CT molecular complexity index is 1320. The molecule has 4 rings (SSSR count). The number of hydrogen-bond acceptors (Lipinski definition) is 7. The van der Waals surface area contributed by atoms with Crippen LogP contribution < -0.4 is 4.90 Å². The molecule has 0 aliphatic carbocycles. The number of furan rings is 1. The van der Waals surface area contributed by atoms with Crippen LogP contribution >= 0.6 is 23.8 Å². The number of thiocarbonyl (C=S) groups is 1. The van der Waals surface area contributed by atoms with Gasteiger partial charge >= 0.3 is 5.97 Å². The molecule has 0 atom stereocenters. The summed E-state index contributed by atoms with van der Waals surface area (Å²) in [7, 11) is 1.24. The van der Waals surface area contributed by atoms with Crippen molar-refractivity contribution in [2.75, 3.05) is 18.6 Å². The van der Waals surface area contributed by atoms with Crippen molar-refractivity contribution in [3.05, 3.63) is 87.3 Å². The van der Waals surface area contributed by atoms with Crippen molar-refractivity contribution in [1.29, 1.82) is 0 Å². The Labute approximate surface area is 203 Å². The van der Waals surface area contributed by atoms with Crippen molar-refractivity contribution < 1.29 is 23.7 Å². The highest BCUT2D eigenvalue weighted by atomic mass is 35.5. The van der Waals surface area contributed by atoms with E-state index in [1.54, 1.807) is 48.5 Å². The summed E-state index contributed by atoms with van der Waals surface area (Å²) >= 11 is 11.4. The molecular formula is C23H16ClN3O6S. The van der Waals surface area contributed by atoms with E-state index in [-0.39, 0.29) is 23.0 Å². The Balaban J connectivity index is 1.68. The number of carbonyl (C=O) groups excluding carboxylic acids is 2. The largest absolute Gasteiger partial charge is 0.468 e. The van der Waals surface area contributed by atoms with Gasteiger partial charge in [0, 0.05) is 28.8 Å². The molecule has 1 amide bonds. The molecule has 1 aliphatic heterocycles. The monoisotopic (exact) mass is 497 g/mol. The van der Waals surface area contributed by atoms with Gasteiger partial charge in [0.25, 0.3) is 11.6 Å². The summed E-state index contributed by atoms with van der Waals surface area (Å²) in [6, 6.07) is 15.7. The lowest BCUT2D eigenvalue weighted by Crippen LogP contribution is -2.35. The third kappa shape index (κ3) is 4.54. The highest BCUT2D eigenvalue weighted by Crippen LogP contribution is 2.31. The number of amides is 1. The molecule has 9 nitrogen and oxygen atoms in total. The molecular weight excluding hydrogens is 482 g/mol. The quantitative estimate of drug-likeness (QED) is 0.159. The number of hydrogen-bond donors (Lipinski definition) is 0. The normalized spacial score (nSPS) is 14.7. The lowest BCUT2D eigenvalue weighted by molar-refractivity contribution is -0.384. The maximum Gasteiger partial charge on any atom is 0.325 e. The van der Waals surface area contributed by atoms with E-state index in [1.165, 1.54) is 35.1 Å². The van der Waals surface area contributed by atoms with Gasteiger partial charge in [0.05, 0.1) is 17.7 Å². The zero-order chi connectivity index (χ0) is 24.4. The Hall–Kier alpha value is -4.02. The average Bonchev–Trinajstić information content (AvgIpc) is 3.38. The zero-order valence-corrected chi connectivity index (χ0v) is 19.2. The van der Waals surface area contributed by atoms with Crippen molar-refractivity contribution in [2.45, 2.75) is 0 Å². The number of carbonyl (C=O) groups is 2. The lowest BCUT2D eigenvalue weighted by Gasteiger charge is -2.19. The first kappa shape index (κ1) is 23.1. The van der Waals surface area contributed by atoms with E-state index in [0.29, 0.717) is 27.8 Å². The molecule has 1 aromatic heterocycles. The van der Waals surface area contributed by atoms with Crippen LogP contribution in [-0.2, 0) is 14.3 Å². The predicted octanol–water partition coefficient (Wildman–Crippen LogP) is 4.66. The molecule has 0 bridgehead atoms.